The number of carbonyl (C=O) groups excluding carboxylic acids is 2. The number of carbonyl (C=O) groups is 2. The van der Waals surface area contributed by atoms with Gasteiger partial charge in [0.05, 0.1) is 5.41 Å². The Morgan fingerprint density at radius 1 is 1.16 bits per heavy atom. The molecule has 25 heavy (non-hydrogen) atoms. The smallest absolute Gasteiger partial charge is 0.381 e. The zero-order valence-electron chi connectivity index (χ0n) is 15.7. The largest absolute Gasteiger partial charge is 0.455 e. The minimum absolute atomic E-state index is 0.186. The summed E-state index contributed by atoms with van der Waals surface area (Å²) in [5.74, 6) is -6.30. The van der Waals surface area contributed by atoms with Crippen molar-refractivity contribution in [3.8, 4) is 0 Å². The average molecular weight is 360 g/mol. The van der Waals surface area contributed by atoms with Crippen LogP contribution in [-0.2, 0) is 19.1 Å². The Hall–Kier alpha value is -1.46. The molecule has 0 aliphatic heterocycles. The van der Waals surface area contributed by atoms with Crippen molar-refractivity contribution in [2.45, 2.75) is 90.3 Å². The van der Waals surface area contributed by atoms with E-state index in [9.17, 15) is 18.4 Å². The maximum absolute atomic E-state index is 14.6. The third-order valence-corrected chi connectivity index (χ3v) is 5.10. The molecule has 1 saturated carbocycles. The van der Waals surface area contributed by atoms with Crippen molar-refractivity contribution in [3.63, 3.8) is 0 Å². The van der Waals surface area contributed by atoms with Crippen LogP contribution in [0.4, 0.5) is 8.78 Å². The maximum atomic E-state index is 14.6. The fourth-order valence-electron chi connectivity index (χ4n) is 2.73. The van der Waals surface area contributed by atoms with E-state index in [0.717, 1.165) is 19.3 Å². The van der Waals surface area contributed by atoms with Crippen LogP contribution in [0.25, 0.3) is 0 Å². The summed E-state index contributed by atoms with van der Waals surface area (Å²) in [6.07, 6.45) is 3.38. The first-order valence-corrected chi connectivity index (χ1v) is 9.00. The van der Waals surface area contributed by atoms with Gasteiger partial charge in [0.25, 0.3) is 0 Å². The Labute approximate surface area is 148 Å². The zero-order chi connectivity index (χ0) is 19.3. The van der Waals surface area contributed by atoms with E-state index < -0.39 is 35.0 Å². The minimum Gasteiger partial charge on any atom is -0.455 e. The molecule has 1 atom stereocenters. The lowest BCUT2D eigenvalue weighted by Gasteiger charge is -2.36. The Morgan fingerprint density at radius 2 is 1.72 bits per heavy atom. The summed E-state index contributed by atoms with van der Waals surface area (Å²) in [6.45, 7) is 10.1. The van der Waals surface area contributed by atoms with Crippen LogP contribution in [-0.4, -0.2) is 29.6 Å². The molecule has 6 heteroatoms. The van der Waals surface area contributed by atoms with Gasteiger partial charge < -0.3 is 9.47 Å². The summed E-state index contributed by atoms with van der Waals surface area (Å²) in [7, 11) is 0. The number of rotatable bonds is 8. The third kappa shape index (κ3) is 5.02. The van der Waals surface area contributed by atoms with E-state index in [0.29, 0.717) is 19.3 Å². The number of esters is 2. The molecular formula is C19H30F2O4. The molecule has 1 aliphatic rings. The second-order valence-corrected chi connectivity index (χ2v) is 7.38. The molecule has 0 aromatic rings. The molecule has 4 nitrogen and oxygen atoms in total. The van der Waals surface area contributed by atoms with E-state index >= 15 is 0 Å². The lowest BCUT2D eigenvalue weighted by Crippen LogP contribution is -2.49. The van der Waals surface area contributed by atoms with Crippen LogP contribution in [0, 0.1) is 5.41 Å². The van der Waals surface area contributed by atoms with Crippen molar-refractivity contribution in [3.05, 3.63) is 12.7 Å². The first-order valence-electron chi connectivity index (χ1n) is 9.00. The standard InChI is InChI=1S/C19H30F2O4/c1-6-14(24-15(22)17(4,5)7-2)19(20,21)16(23)25-18(8-3)12-10-9-11-13-18/h8,14H,3,6-7,9-13H2,1-2,4-5H3. The monoisotopic (exact) mass is 360 g/mol. The zero-order valence-corrected chi connectivity index (χ0v) is 15.7. The molecule has 0 N–H and O–H groups in total. The highest BCUT2D eigenvalue weighted by molar-refractivity contribution is 5.81. The van der Waals surface area contributed by atoms with Gasteiger partial charge in [0, 0.05) is 0 Å². The van der Waals surface area contributed by atoms with E-state index in [1.807, 2.05) is 0 Å². The van der Waals surface area contributed by atoms with Gasteiger partial charge in [0.1, 0.15) is 5.60 Å². The van der Waals surface area contributed by atoms with E-state index in [1.54, 1.807) is 20.8 Å². The van der Waals surface area contributed by atoms with Gasteiger partial charge in [-0.15, -0.1) is 0 Å². The second kappa shape index (κ2) is 8.28. The molecule has 0 heterocycles. The van der Waals surface area contributed by atoms with Crippen molar-refractivity contribution in [2.75, 3.05) is 0 Å². The summed E-state index contributed by atoms with van der Waals surface area (Å²) in [4.78, 5) is 24.3. The first-order chi connectivity index (χ1) is 11.5. The van der Waals surface area contributed by atoms with Gasteiger partial charge in [-0.25, -0.2) is 4.79 Å². The van der Waals surface area contributed by atoms with Crippen LogP contribution >= 0.6 is 0 Å². The molecule has 0 amide bonds. The molecule has 144 valence electrons. The number of hydrogen-bond acceptors (Lipinski definition) is 4. The number of alkyl halides is 2. The summed E-state index contributed by atoms with van der Waals surface area (Å²) in [6, 6.07) is 0. The van der Waals surface area contributed by atoms with E-state index in [2.05, 4.69) is 6.58 Å². The van der Waals surface area contributed by atoms with Gasteiger partial charge in [0.15, 0.2) is 6.10 Å². The van der Waals surface area contributed by atoms with Gasteiger partial charge in [-0.2, -0.15) is 8.78 Å². The molecule has 1 unspecified atom stereocenters. The molecule has 0 radical (unpaired) electrons. The summed E-state index contributed by atoms with van der Waals surface area (Å²) >= 11 is 0. The lowest BCUT2D eigenvalue weighted by atomic mass is 9.84. The van der Waals surface area contributed by atoms with Gasteiger partial charge >= 0.3 is 17.9 Å². The van der Waals surface area contributed by atoms with Crippen LogP contribution < -0.4 is 0 Å². The Morgan fingerprint density at radius 3 is 2.16 bits per heavy atom. The van der Waals surface area contributed by atoms with Crippen LogP contribution in [0.5, 0.6) is 0 Å². The van der Waals surface area contributed by atoms with Crippen molar-refractivity contribution in [2.24, 2.45) is 5.41 Å². The highest BCUT2D eigenvalue weighted by atomic mass is 19.3. The quantitative estimate of drug-likeness (QED) is 0.460. The molecule has 1 aliphatic carbocycles. The number of halogens is 2. The fourth-order valence-corrected chi connectivity index (χ4v) is 2.73. The van der Waals surface area contributed by atoms with E-state index in [4.69, 9.17) is 9.47 Å². The molecular weight excluding hydrogens is 330 g/mol. The van der Waals surface area contributed by atoms with Crippen LogP contribution in [0.2, 0.25) is 0 Å². The van der Waals surface area contributed by atoms with Crippen molar-refractivity contribution in [1.29, 1.82) is 0 Å². The summed E-state index contributed by atoms with van der Waals surface area (Å²) in [5.41, 5.74) is -1.94. The molecule has 0 saturated heterocycles. The highest BCUT2D eigenvalue weighted by Gasteiger charge is 2.53. The maximum Gasteiger partial charge on any atom is 0.381 e. The van der Waals surface area contributed by atoms with Crippen molar-refractivity contribution in [1.82, 2.24) is 0 Å². The SMILES string of the molecule is C=CC1(OC(=O)C(F)(F)C(CC)OC(=O)C(C)(C)CC)CCCCC1. The molecule has 0 bridgehead atoms. The molecule has 1 fully saturated rings. The number of hydrogen-bond donors (Lipinski definition) is 0. The first kappa shape index (κ1) is 21.6. The normalized spacial score (nSPS) is 19.0. The van der Waals surface area contributed by atoms with Crippen LogP contribution in [0.1, 0.15) is 72.6 Å². The average Bonchev–Trinajstić information content (AvgIpc) is 2.59. The Kier molecular flexibility index (Phi) is 7.15. The minimum atomic E-state index is -3.90. The lowest BCUT2D eigenvalue weighted by molar-refractivity contribution is -0.211. The fraction of sp³-hybridized carbons (Fsp3) is 0.789. The van der Waals surface area contributed by atoms with Crippen LogP contribution in [0.3, 0.4) is 0 Å². The third-order valence-electron chi connectivity index (χ3n) is 5.10. The molecule has 1 rings (SSSR count). The predicted octanol–water partition coefficient (Wildman–Crippen LogP) is 4.81. The summed E-state index contributed by atoms with van der Waals surface area (Å²) < 4.78 is 39.4. The summed E-state index contributed by atoms with van der Waals surface area (Å²) in [5, 5.41) is 0. The highest BCUT2D eigenvalue weighted by Crippen LogP contribution is 2.36. The molecule has 0 aromatic heterocycles. The molecule has 0 spiro atoms. The van der Waals surface area contributed by atoms with Crippen LogP contribution in [0.15, 0.2) is 12.7 Å². The van der Waals surface area contributed by atoms with Crippen molar-refractivity contribution >= 4 is 11.9 Å². The topological polar surface area (TPSA) is 52.6 Å². The van der Waals surface area contributed by atoms with Gasteiger partial charge in [-0.05, 0) is 58.4 Å². The second-order valence-electron chi connectivity index (χ2n) is 7.38. The van der Waals surface area contributed by atoms with E-state index in [-0.39, 0.29) is 6.42 Å². The Bertz CT molecular complexity index is 494. The van der Waals surface area contributed by atoms with Crippen molar-refractivity contribution < 1.29 is 27.8 Å². The predicted molar refractivity (Wildman–Crippen MR) is 91.3 cm³/mol. The van der Waals surface area contributed by atoms with E-state index in [1.165, 1.54) is 13.0 Å². The van der Waals surface area contributed by atoms with Gasteiger partial charge in [-0.1, -0.05) is 26.8 Å². The number of ether oxygens (including phenoxy) is 2. The van der Waals surface area contributed by atoms with Gasteiger partial charge in [-0.3, -0.25) is 4.79 Å². The Balaban J connectivity index is 2.89. The van der Waals surface area contributed by atoms with Gasteiger partial charge in [0.2, 0.25) is 0 Å². The molecule has 0 aromatic carbocycles.